The van der Waals surface area contributed by atoms with Crippen LogP contribution in [0.1, 0.15) is 35.2 Å². The van der Waals surface area contributed by atoms with Crippen molar-refractivity contribution in [2.24, 2.45) is 0 Å². The summed E-state index contributed by atoms with van der Waals surface area (Å²) in [7, 11) is 0. The molecule has 0 saturated carbocycles. The van der Waals surface area contributed by atoms with Gasteiger partial charge in [-0.15, -0.1) is 0 Å². The van der Waals surface area contributed by atoms with E-state index in [4.69, 9.17) is 0 Å². The quantitative estimate of drug-likeness (QED) is 0.741. The van der Waals surface area contributed by atoms with Gasteiger partial charge < -0.3 is 15.1 Å². The molecule has 4 heterocycles. The molecule has 1 aromatic rings. The monoisotopic (exact) mass is 340 g/mol. The molecule has 3 amide bonds. The number of anilines is 1. The topological polar surface area (TPSA) is 81.8 Å². The second kappa shape index (κ2) is 5.29. The molecule has 3 saturated heterocycles. The fourth-order valence-electron chi connectivity index (χ4n) is 4.69. The number of piperazine rings is 1. The summed E-state index contributed by atoms with van der Waals surface area (Å²) in [4.78, 5) is 40.5. The molecule has 25 heavy (non-hydrogen) atoms. The Balaban J connectivity index is 1.46. The molecule has 1 aromatic carbocycles. The zero-order valence-electron chi connectivity index (χ0n) is 13.8. The van der Waals surface area contributed by atoms with Crippen molar-refractivity contribution in [1.82, 2.24) is 15.5 Å². The van der Waals surface area contributed by atoms with E-state index in [1.54, 1.807) is 4.90 Å². The normalized spacial score (nSPS) is 30.9. The van der Waals surface area contributed by atoms with Crippen LogP contribution in [0.2, 0.25) is 0 Å². The lowest BCUT2D eigenvalue weighted by molar-refractivity contribution is -0.136. The number of carbonyl (C=O) groups is 3. The SMILES string of the molecule is O=C1CCC(N2Cc3c(cccc3N3C4CNCC3C4)C2=O)C(=O)N1. The number of imide groups is 1. The Bertz CT molecular complexity index is 779. The van der Waals surface area contributed by atoms with Gasteiger partial charge >= 0.3 is 0 Å². The van der Waals surface area contributed by atoms with E-state index in [9.17, 15) is 14.4 Å². The van der Waals surface area contributed by atoms with Gasteiger partial charge in [0.1, 0.15) is 6.04 Å². The third-order valence-electron chi connectivity index (χ3n) is 5.93. The average molecular weight is 340 g/mol. The van der Waals surface area contributed by atoms with Gasteiger partial charge in [0.25, 0.3) is 5.91 Å². The van der Waals surface area contributed by atoms with E-state index in [1.807, 2.05) is 12.1 Å². The van der Waals surface area contributed by atoms with Gasteiger partial charge in [0, 0.05) is 55.0 Å². The number of hydrogen-bond acceptors (Lipinski definition) is 5. The predicted molar refractivity (Wildman–Crippen MR) is 90.0 cm³/mol. The van der Waals surface area contributed by atoms with Crippen LogP contribution in [0.5, 0.6) is 0 Å². The first-order chi connectivity index (χ1) is 12.1. The van der Waals surface area contributed by atoms with Crippen molar-refractivity contribution in [3.63, 3.8) is 0 Å². The number of benzene rings is 1. The van der Waals surface area contributed by atoms with E-state index < -0.39 is 6.04 Å². The van der Waals surface area contributed by atoms with Gasteiger partial charge in [-0.3, -0.25) is 19.7 Å². The molecule has 0 aromatic heterocycles. The van der Waals surface area contributed by atoms with E-state index in [1.165, 1.54) is 6.42 Å². The summed E-state index contributed by atoms with van der Waals surface area (Å²) in [6.45, 7) is 2.40. The fourth-order valence-corrected chi connectivity index (χ4v) is 4.69. The summed E-state index contributed by atoms with van der Waals surface area (Å²) < 4.78 is 0. The first-order valence-electron chi connectivity index (χ1n) is 8.89. The maximum atomic E-state index is 12.9. The number of carbonyl (C=O) groups excluding carboxylic acids is 3. The van der Waals surface area contributed by atoms with Crippen molar-refractivity contribution in [1.29, 1.82) is 0 Å². The lowest BCUT2D eigenvalue weighted by Gasteiger charge is -2.55. The highest BCUT2D eigenvalue weighted by Gasteiger charge is 2.45. The summed E-state index contributed by atoms with van der Waals surface area (Å²) in [5.41, 5.74) is 2.84. The molecule has 2 N–H and O–H groups in total. The van der Waals surface area contributed by atoms with Gasteiger partial charge in [-0.2, -0.15) is 0 Å². The standard InChI is InChI=1S/C18H20N4O3/c23-16-5-4-15(17(24)20-16)21-9-13-12(18(21)25)2-1-3-14(13)22-10-6-11(22)8-19-7-10/h1-3,10-11,15,19H,4-9H2,(H,20,23,24). The molecular weight excluding hydrogens is 320 g/mol. The van der Waals surface area contributed by atoms with E-state index in [-0.39, 0.29) is 24.1 Å². The first-order valence-corrected chi connectivity index (χ1v) is 8.89. The second-order valence-corrected chi connectivity index (χ2v) is 7.31. The molecule has 3 unspecified atom stereocenters. The minimum absolute atomic E-state index is 0.102. The second-order valence-electron chi connectivity index (χ2n) is 7.31. The Morgan fingerprint density at radius 2 is 1.88 bits per heavy atom. The highest BCUT2D eigenvalue weighted by Crippen LogP contribution is 2.40. The molecule has 4 aliphatic rings. The van der Waals surface area contributed by atoms with Crippen molar-refractivity contribution < 1.29 is 14.4 Å². The number of rotatable bonds is 2. The maximum absolute atomic E-state index is 12.9. The van der Waals surface area contributed by atoms with Crippen LogP contribution < -0.4 is 15.5 Å². The Kier molecular flexibility index (Phi) is 3.15. The summed E-state index contributed by atoms with van der Waals surface area (Å²) in [6.07, 6.45) is 1.88. The Labute approximate surface area is 145 Å². The van der Waals surface area contributed by atoms with Crippen LogP contribution in [0.4, 0.5) is 5.69 Å². The number of piperidine rings is 2. The van der Waals surface area contributed by atoms with E-state index in [0.29, 0.717) is 30.6 Å². The zero-order chi connectivity index (χ0) is 17.1. The van der Waals surface area contributed by atoms with Crippen LogP contribution in [0.15, 0.2) is 18.2 Å². The lowest BCUT2D eigenvalue weighted by atomic mass is 9.87. The molecule has 2 bridgehead atoms. The summed E-state index contributed by atoms with van der Waals surface area (Å²) >= 11 is 0. The highest BCUT2D eigenvalue weighted by atomic mass is 16.2. The molecule has 0 aliphatic carbocycles. The Morgan fingerprint density at radius 1 is 1.08 bits per heavy atom. The van der Waals surface area contributed by atoms with Crippen LogP contribution >= 0.6 is 0 Å². The largest absolute Gasteiger partial charge is 0.363 e. The number of nitrogens with zero attached hydrogens (tertiary/aromatic N) is 2. The molecule has 3 atom stereocenters. The fraction of sp³-hybridized carbons (Fsp3) is 0.500. The van der Waals surface area contributed by atoms with Gasteiger partial charge in [-0.1, -0.05) is 6.07 Å². The highest BCUT2D eigenvalue weighted by molar-refractivity contribution is 6.06. The van der Waals surface area contributed by atoms with E-state index >= 15 is 0 Å². The smallest absolute Gasteiger partial charge is 0.255 e. The van der Waals surface area contributed by atoms with Crippen LogP contribution in [0, 0.1) is 0 Å². The average Bonchev–Trinajstić information content (AvgIpc) is 2.93. The molecule has 0 radical (unpaired) electrons. The van der Waals surface area contributed by atoms with Gasteiger partial charge in [-0.25, -0.2) is 0 Å². The minimum atomic E-state index is -0.553. The Morgan fingerprint density at radius 3 is 2.60 bits per heavy atom. The van der Waals surface area contributed by atoms with Gasteiger partial charge in [-0.05, 0) is 25.0 Å². The van der Waals surface area contributed by atoms with Crippen LogP contribution in [-0.4, -0.2) is 53.8 Å². The van der Waals surface area contributed by atoms with Crippen LogP contribution in [0.3, 0.4) is 0 Å². The lowest BCUT2D eigenvalue weighted by Crippen LogP contribution is -2.68. The minimum Gasteiger partial charge on any atom is -0.363 e. The number of nitrogens with one attached hydrogen (secondary N) is 2. The van der Waals surface area contributed by atoms with Crippen LogP contribution in [-0.2, 0) is 16.1 Å². The molecule has 5 rings (SSSR count). The molecule has 3 fully saturated rings. The van der Waals surface area contributed by atoms with Gasteiger partial charge in [0.05, 0.1) is 0 Å². The van der Waals surface area contributed by atoms with Crippen LogP contribution in [0.25, 0.3) is 0 Å². The van der Waals surface area contributed by atoms with Crippen molar-refractivity contribution in [2.45, 2.75) is 43.9 Å². The summed E-state index contributed by atoms with van der Waals surface area (Å²) in [5.74, 6) is -0.717. The molecular formula is C18H20N4O3. The van der Waals surface area contributed by atoms with Crippen molar-refractivity contribution in [3.8, 4) is 0 Å². The first kappa shape index (κ1) is 14.9. The molecule has 7 nitrogen and oxygen atoms in total. The number of amides is 3. The summed E-state index contributed by atoms with van der Waals surface area (Å²) in [5, 5.41) is 5.78. The number of fused-ring (bicyclic) bond motifs is 3. The van der Waals surface area contributed by atoms with E-state index in [2.05, 4.69) is 21.6 Å². The molecule has 4 aliphatic heterocycles. The van der Waals surface area contributed by atoms with Gasteiger partial charge in [0.15, 0.2) is 0 Å². The van der Waals surface area contributed by atoms with E-state index in [0.717, 1.165) is 24.3 Å². The third kappa shape index (κ3) is 2.12. The third-order valence-corrected chi connectivity index (χ3v) is 5.93. The molecule has 130 valence electrons. The van der Waals surface area contributed by atoms with Crippen molar-refractivity contribution in [3.05, 3.63) is 29.3 Å². The molecule has 0 spiro atoms. The maximum Gasteiger partial charge on any atom is 0.255 e. The summed E-state index contributed by atoms with van der Waals surface area (Å²) in [6, 6.07) is 6.30. The van der Waals surface area contributed by atoms with Gasteiger partial charge in [0.2, 0.25) is 11.8 Å². The van der Waals surface area contributed by atoms with Crippen molar-refractivity contribution in [2.75, 3.05) is 18.0 Å². The zero-order valence-corrected chi connectivity index (χ0v) is 13.8. The van der Waals surface area contributed by atoms with Crippen molar-refractivity contribution >= 4 is 23.4 Å². The number of hydrogen-bond donors (Lipinski definition) is 2. The molecule has 7 heteroatoms. The predicted octanol–water partition coefficient (Wildman–Crippen LogP) is -0.00190. The Hall–Kier alpha value is -2.41.